The van der Waals surface area contributed by atoms with Crippen LogP contribution >= 0.6 is 23.2 Å². The predicted molar refractivity (Wildman–Crippen MR) is 105 cm³/mol. The highest BCUT2D eigenvalue weighted by molar-refractivity contribution is 6.33. The molecule has 1 atom stereocenters. The third kappa shape index (κ3) is 3.65. The summed E-state index contributed by atoms with van der Waals surface area (Å²) in [7, 11) is 0. The average Bonchev–Trinajstić information content (AvgIpc) is 3.12. The van der Waals surface area contributed by atoms with Gasteiger partial charge in [-0.05, 0) is 24.6 Å². The van der Waals surface area contributed by atoms with Crippen molar-refractivity contribution in [1.82, 2.24) is 25.2 Å². The highest BCUT2D eigenvalue weighted by atomic mass is 35.5. The Morgan fingerprint density at radius 3 is 2.77 bits per heavy atom. The molecule has 0 bridgehead atoms. The summed E-state index contributed by atoms with van der Waals surface area (Å²) < 4.78 is 42.1. The lowest BCUT2D eigenvalue weighted by Crippen LogP contribution is -2.33. The highest BCUT2D eigenvalue weighted by Gasteiger charge is 2.36. The number of fused-ring (bicyclic) bond motifs is 1. The van der Waals surface area contributed by atoms with Crippen molar-refractivity contribution in [3.63, 3.8) is 0 Å². The molecular formula is C18H15Cl2F3N6O. The van der Waals surface area contributed by atoms with Crippen molar-refractivity contribution in [2.24, 2.45) is 0 Å². The van der Waals surface area contributed by atoms with E-state index in [0.29, 0.717) is 30.9 Å². The van der Waals surface area contributed by atoms with Gasteiger partial charge in [-0.3, -0.25) is 4.79 Å². The zero-order valence-corrected chi connectivity index (χ0v) is 17.1. The highest BCUT2D eigenvalue weighted by Crippen LogP contribution is 2.38. The zero-order chi connectivity index (χ0) is 21.6. The summed E-state index contributed by atoms with van der Waals surface area (Å²) in [4.78, 5) is 13.5. The van der Waals surface area contributed by atoms with E-state index >= 15 is 0 Å². The number of nitrogens with one attached hydrogen (secondary N) is 1. The topological polar surface area (TPSA) is 79.7 Å². The van der Waals surface area contributed by atoms with Crippen molar-refractivity contribution in [3.8, 4) is 0 Å². The summed E-state index contributed by atoms with van der Waals surface area (Å²) in [5.41, 5.74) is 0.558. The molecule has 12 heteroatoms. The second-order valence-corrected chi connectivity index (χ2v) is 7.72. The molecule has 0 unspecified atom stereocenters. The van der Waals surface area contributed by atoms with Crippen LogP contribution < -0.4 is 10.5 Å². The van der Waals surface area contributed by atoms with Gasteiger partial charge >= 0.3 is 6.18 Å². The van der Waals surface area contributed by atoms with E-state index in [2.05, 4.69) is 20.5 Å². The Labute approximate surface area is 178 Å². The lowest BCUT2D eigenvalue weighted by atomic mass is 10.00. The molecule has 0 aliphatic carbocycles. The van der Waals surface area contributed by atoms with Crippen molar-refractivity contribution in [2.75, 3.05) is 11.4 Å². The molecule has 30 heavy (non-hydrogen) atoms. The zero-order valence-electron chi connectivity index (χ0n) is 15.5. The number of anilines is 1. The number of alkyl halides is 3. The van der Waals surface area contributed by atoms with Gasteiger partial charge in [0, 0.05) is 18.0 Å². The molecule has 0 amide bonds. The number of benzene rings is 1. The number of nitrogens with zero attached hydrogens (tertiary/aromatic N) is 5. The molecule has 1 N–H and O–H groups in total. The van der Waals surface area contributed by atoms with Gasteiger partial charge in [-0.2, -0.15) is 18.3 Å². The predicted octanol–water partition coefficient (Wildman–Crippen LogP) is 3.86. The molecule has 0 radical (unpaired) electrons. The minimum Gasteiger partial charge on any atom is -0.362 e. The largest absolute Gasteiger partial charge is 0.416 e. The van der Waals surface area contributed by atoms with E-state index in [1.54, 1.807) is 6.92 Å². The Kier molecular flexibility index (Phi) is 5.23. The molecule has 1 aliphatic rings. The van der Waals surface area contributed by atoms with Crippen molar-refractivity contribution >= 4 is 28.9 Å². The average molecular weight is 459 g/mol. The molecule has 7 nitrogen and oxygen atoms in total. The SMILES string of the molecule is C[C@@H](c1ccc(Cl)cc1C(F)(F)F)n1nnc2c1CCN(c1cn[nH]c(=O)c1Cl)C2. The third-order valence-electron chi connectivity index (χ3n) is 5.09. The van der Waals surface area contributed by atoms with Crippen LogP contribution in [0.15, 0.2) is 29.2 Å². The van der Waals surface area contributed by atoms with Crippen LogP contribution in [0.2, 0.25) is 10.0 Å². The molecule has 3 heterocycles. The number of halogens is 5. The summed E-state index contributed by atoms with van der Waals surface area (Å²) in [5, 5.41) is 14.3. The molecule has 0 fully saturated rings. The van der Waals surface area contributed by atoms with E-state index < -0.39 is 23.3 Å². The Hall–Kier alpha value is -2.59. The third-order valence-corrected chi connectivity index (χ3v) is 5.69. The summed E-state index contributed by atoms with van der Waals surface area (Å²) in [5.74, 6) is 0. The molecule has 1 aromatic carbocycles. The Morgan fingerprint density at radius 1 is 1.27 bits per heavy atom. The smallest absolute Gasteiger partial charge is 0.362 e. The maximum absolute atomic E-state index is 13.5. The Morgan fingerprint density at radius 2 is 2.03 bits per heavy atom. The standard InChI is InChI=1S/C18H15Cl2F3N6O/c1-9(11-3-2-10(19)6-12(11)18(21,22)23)29-14-4-5-28(8-13(14)25-27-29)15-7-24-26-17(30)16(15)20/h2-3,6-7,9H,4-5,8H2,1H3,(H,26,30)/t9-/m0/s1. The van der Waals surface area contributed by atoms with Gasteiger partial charge in [-0.15, -0.1) is 5.10 Å². The Bertz CT molecular complexity index is 1160. The molecule has 4 rings (SSSR count). The number of hydrogen-bond acceptors (Lipinski definition) is 5. The van der Waals surface area contributed by atoms with Crippen molar-refractivity contribution in [3.05, 3.63) is 67.3 Å². The number of rotatable bonds is 3. The molecule has 158 valence electrons. The Balaban J connectivity index is 1.67. The normalized spacial score (nSPS) is 15.2. The van der Waals surface area contributed by atoms with Crippen LogP contribution in [0.1, 0.15) is 35.5 Å². The van der Waals surface area contributed by atoms with Gasteiger partial charge in [0.2, 0.25) is 0 Å². The van der Waals surface area contributed by atoms with Crippen LogP contribution in [0, 0.1) is 0 Å². The van der Waals surface area contributed by atoms with Gasteiger partial charge in [-0.1, -0.05) is 34.5 Å². The van der Waals surface area contributed by atoms with Gasteiger partial charge in [0.15, 0.2) is 0 Å². The fourth-order valence-corrected chi connectivity index (χ4v) is 3.99. The quantitative estimate of drug-likeness (QED) is 0.644. The van der Waals surface area contributed by atoms with Crippen LogP contribution in [-0.4, -0.2) is 31.7 Å². The first-order valence-corrected chi connectivity index (χ1v) is 9.70. The second kappa shape index (κ2) is 7.59. The summed E-state index contributed by atoms with van der Waals surface area (Å²) >= 11 is 11.9. The maximum Gasteiger partial charge on any atom is 0.416 e. The number of H-pyrrole nitrogens is 1. The number of aromatic amines is 1. The first kappa shape index (κ1) is 20.7. The minimum absolute atomic E-state index is 0.0119. The molecule has 2 aromatic heterocycles. The second-order valence-electron chi connectivity index (χ2n) is 6.90. The molecule has 0 spiro atoms. The molecule has 1 aliphatic heterocycles. The first-order valence-electron chi connectivity index (χ1n) is 8.94. The lowest BCUT2D eigenvalue weighted by Gasteiger charge is -2.29. The minimum atomic E-state index is -4.55. The molecule has 3 aromatic rings. The van der Waals surface area contributed by atoms with E-state index in [1.165, 1.54) is 23.0 Å². The van der Waals surface area contributed by atoms with Crippen molar-refractivity contribution in [1.29, 1.82) is 0 Å². The van der Waals surface area contributed by atoms with Crippen molar-refractivity contribution < 1.29 is 13.2 Å². The first-order chi connectivity index (χ1) is 14.2. The molecular weight excluding hydrogens is 444 g/mol. The molecule has 0 saturated carbocycles. The van der Waals surface area contributed by atoms with Crippen LogP contribution in [-0.2, 0) is 19.1 Å². The van der Waals surface area contributed by atoms with Crippen LogP contribution in [0.25, 0.3) is 0 Å². The lowest BCUT2D eigenvalue weighted by molar-refractivity contribution is -0.138. The van der Waals surface area contributed by atoms with Gasteiger partial charge in [0.25, 0.3) is 5.56 Å². The monoisotopic (exact) mass is 458 g/mol. The van der Waals surface area contributed by atoms with Gasteiger partial charge in [-0.25, -0.2) is 9.78 Å². The fourth-order valence-electron chi connectivity index (χ4n) is 3.61. The maximum atomic E-state index is 13.5. The summed E-state index contributed by atoms with van der Waals surface area (Å²) in [6.45, 7) is 2.42. The van der Waals surface area contributed by atoms with E-state index in [4.69, 9.17) is 23.2 Å². The van der Waals surface area contributed by atoms with E-state index in [1.807, 2.05) is 4.90 Å². The summed E-state index contributed by atoms with van der Waals surface area (Å²) in [6.07, 6.45) is -2.63. The van der Waals surface area contributed by atoms with E-state index in [9.17, 15) is 18.0 Å². The fraction of sp³-hybridized carbons (Fsp3) is 0.333. The molecule has 0 saturated heterocycles. The van der Waals surface area contributed by atoms with Crippen LogP contribution in [0.5, 0.6) is 0 Å². The number of aromatic nitrogens is 5. The van der Waals surface area contributed by atoms with Crippen LogP contribution in [0.4, 0.5) is 18.9 Å². The van der Waals surface area contributed by atoms with E-state index in [0.717, 1.165) is 11.8 Å². The van der Waals surface area contributed by atoms with E-state index in [-0.39, 0.29) is 15.6 Å². The summed E-state index contributed by atoms with van der Waals surface area (Å²) in [6, 6.07) is 3.00. The van der Waals surface area contributed by atoms with Gasteiger partial charge < -0.3 is 4.90 Å². The number of hydrogen-bond donors (Lipinski definition) is 1. The van der Waals surface area contributed by atoms with Crippen molar-refractivity contribution in [2.45, 2.75) is 32.1 Å². The van der Waals surface area contributed by atoms with Gasteiger partial charge in [0.1, 0.15) is 10.7 Å². The van der Waals surface area contributed by atoms with Crippen LogP contribution in [0.3, 0.4) is 0 Å². The van der Waals surface area contributed by atoms with Gasteiger partial charge in [0.05, 0.1) is 35.7 Å².